The number of rotatable bonds is 5. The molecule has 1 fully saturated rings. The fourth-order valence-corrected chi connectivity index (χ4v) is 2.83. The number of hydrogen-bond donors (Lipinski definition) is 2. The fourth-order valence-electron chi connectivity index (χ4n) is 2.83. The molecule has 128 valence electrons. The minimum Gasteiger partial charge on any atom is -0.444 e. The van der Waals surface area contributed by atoms with Crippen molar-refractivity contribution in [1.29, 1.82) is 0 Å². The molecular weight excluding hydrogens is 292 g/mol. The van der Waals surface area contributed by atoms with E-state index in [0.29, 0.717) is 19.5 Å². The van der Waals surface area contributed by atoms with Crippen molar-refractivity contribution < 1.29 is 14.6 Å². The van der Waals surface area contributed by atoms with Crippen molar-refractivity contribution in [1.82, 2.24) is 10.2 Å². The van der Waals surface area contributed by atoms with Gasteiger partial charge in [0, 0.05) is 31.8 Å². The molecule has 1 saturated heterocycles. The van der Waals surface area contributed by atoms with Crippen LogP contribution in [0.3, 0.4) is 0 Å². The Balaban J connectivity index is 1.91. The van der Waals surface area contributed by atoms with Gasteiger partial charge in [-0.1, -0.05) is 30.3 Å². The van der Waals surface area contributed by atoms with Gasteiger partial charge in [0.2, 0.25) is 0 Å². The highest BCUT2D eigenvalue weighted by Gasteiger charge is 2.30. The number of aliphatic hydroxyl groups excluding tert-OH is 1. The van der Waals surface area contributed by atoms with Gasteiger partial charge in [0.25, 0.3) is 0 Å². The Labute approximate surface area is 138 Å². The van der Waals surface area contributed by atoms with E-state index in [1.54, 1.807) is 4.90 Å². The number of nitrogens with one attached hydrogen (secondary N) is 1. The SMILES string of the molecule is CC(C)(C)OC(=O)N1CCC(N[C@H](CCO)c2ccccc2)C1. The van der Waals surface area contributed by atoms with Gasteiger partial charge in [-0.15, -0.1) is 0 Å². The Morgan fingerprint density at radius 3 is 2.70 bits per heavy atom. The summed E-state index contributed by atoms with van der Waals surface area (Å²) in [6.45, 7) is 7.11. The van der Waals surface area contributed by atoms with Gasteiger partial charge in [0.1, 0.15) is 5.60 Å². The Kier molecular flexibility index (Phi) is 6.02. The molecule has 5 nitrogen and oxygen atoms in total. The minimum absolute atomic E-state index is 0.102. The van der Waals surface area contributed by atoms with E-state index in [0.717, 1.165) is 12.0 Å². The third kappa shape index (κ3) is 5.52. The second-order valence-electron chi connectivity index (χ2n) is 7.05. The lowest BCUT2D eigenvalue weighted by Gasteiger charge is -2.25. The summed E-state index contributed by atoms with van der Waals surface area (Å²) in [5.41, 5.74) is 0.698. The number of carbonyl (C=O) groups excluding carboxylic acids is 1. The van der Waals surface area contributed by atoms with E-state index >= 15 is 0 Å². The maximum atomic E-state index is 12.1. The average molecular weight is 320 g/mol. The van der Waals surface area contributed by atoms with E-state index in [2.05, 4.69) is 17.4 Å². The van der Waals surface area contributed by atoms with Gasteiger partial charge in [0.15, 0.2) is 0 Å². The second kappa shape index (κ2) is 7.79. The van der Waals surface area contributed by atoms with Crippen molar-refractivity contribution in [2.24, 2.45) is 0 Å². The molecule has 1 heterocycles. The topological polar surface area (TPSA) is 61.8 Å². The fraction of sp³-hybridized carbons (Fsp3) is 0.611. The molecule has 1 unspecified atom stereocenters. The molecule has 0 spiro atoms. The van der Waals surface area contributed by atoms with Crippen molar-refractivity contribution in [2.75, 3.05) is 19.7 Å². The molecule has 2 N–H and O–H groups in total. The lowest BCUT2D eigenvalue weighted by Crippen LogP contribution is -2.39. The predicted octanol–water partition coefficient (Wildman–Crippen LogP) is 2.71. The quantitative estimate of drug-likeness (QED) is 0.876. The van der Waals surface area contributed by atoms with Crippen LogP contribution in [0, 0.1) is 0 Å². The van der Waals surface area contributed by atoms with Gasteiger partial charge in [0.05, 0.1) is 0 Å². The van der Waals surface area contributed by atoms with Crippen molar-refractivity contribution in [2.45, 2.75) is 51.3 Å². The number of carbonyl (C=O) groups is 1. The van der Waals surface area contributed by atoms with E-state index in [-0.39, 0.29) is 24.8 Å². The summed E-state index contributed by atoms with van der Waals surface area (Å²) in [6, 6.07) is 10.4. The molecule has 2 rings (SSSR count). The van der Waals surface area contributed by atoms with Gasteiger partial charge in [-0.2, -0.15) is 0 Å². The standard InChI is InChI=1S/C18H28N2O3/c1-18(2,3)23-17(22)20-11-9-15(13-20)19-16(10-12-21)14-7-5-4-6-8-14/h4-8,15-16,19,21H,9-13H2,1-3H3/t15?,16-/m1/s1. The second-order valence-corrected chi connectivity index (χ2v) is 7.05. The van der Waals surface area contributed by atoms with Crippen LogP contribution in [0.1, 0.15) is 45.2 Å². The van der Waals surface area contributed by atoms with Gasteiger partial charge < -0.3 is 20.1 Å². The van der Waals surface area contributed by atoms with Crippen LogP contribution in [0.2, 0.25) is 0 Å². The first kappa shape index (κ1) is 17.8. The van der Waals surface area contributed by atoms with Crippen molar-refractivity contribution in [3.63, 3.8) is 0 Å². The van der Waals surface area contributed by atoms with E-state index in [9.17, 15) is 9.90 Å². The normalized spacial score (nSPS) is 19.7. The molecule has 1 aromatic carbocycles. The number of likely N-dealkylation sites (tertiary alicyclic amines) is 1. The molecule has 23 heavy (non-hydrogen) atoms. The Bertz CT molecular complexity index is 499. The highest BCUT2D eigenvalue weighted by molar-refractivity contribution is 5.68. The van der Waals surface area contributed by atoms with Crippen molar-refractivity contribution in [3.05, 3.63) is 35.9 Å². The first-order valence-electron chi connectivity index (χ1n) is 8.29. The van der Waals surface area contributed by atoms with Crippen LogP contribution in [-0.2, 0) is 4.74 Å². The first-order chi connectivity index (χ1) is 10.9. The summed E-state index contributed by atoms with van der Waals surface area (Å²) in [5, 5.41) is 12.9. The monoisotopic (exact) mass is 320 g/mol. The zero-order valence-corrected chi connectivity index (χ0v) is 14.3. The Hall–Kier alpha value is -1.59. The van der Waals surface area contributed by atoms with Crippen LogP contribution in [0.4, 0.5) is 4.79 Å². The van der Waals surface area contributed by atoms with Gasteiger partial charge in [-0.05, 0) is 39.2 Å². The summed E-state index contributed by atoms with van der Waals surface area (Å²) < 4.78 is 5.43. The summed E-state index contributed by atoms with van der Waals surface area (Å²) in [6.07, 6.45) is 1.31. The summed E-state index contributed by atoms with van der Waals surface area (Å²) in [5.74, 6) is 0. The van der Waals surface area contributed by atoms with E-state index < -0.39 is 5.60 Å². The number of nitrogens with zero attached hydrogens (tertiary/aromatic N) is 1. The summed E-state index contributed by atoms with van der Waals surface area (Å²) in [4.78, 5) is 13.9. The molecule has 2 atom stereocenters. The number of hydrogen-bond acceptors (Lipinski definition) is 4. The third-order valence-electron chi connectivity index (χ3n) is 3.90. The van der Waals surface area contributed by atoms with Crippen LogP contribution in [-0.4, -0.2) is 47.4 Å². The molecule has 0 bridgehead atoms. The van der Waals surface area contributed by atoms with Gasteiger partial charge in [-0.25, -0.2) is 4.79 Å². The van der Waals surface area contributed by atoms with Crippen LogP contribution < -0.4 is 5.32 Å². The Morgan fingerprint density at radius 1 is 1.39 bits per heavy atom. The Morgan fingerprint density at radius 2 is 2.09 bits per heavy atom. The first-order valence-corrected chi connectivity index (χ1v) is 8.29. The average Bonchev–Trinajstić information content (AvgIpc) is 2.95. The predicted molar refractivity (Wildman–Crippen MR) is 90.2 cm³/mol. The lowest BCUT2D eigenvalue weighted by atomic mass is 10.0. The number of benzene rings is 1. The molecule has 1 amide bonds. The summed E-state index contributed by atoms with van der Waals surface area (Å²) >= 11 is 0. The molecule has 0 radical (unpaired) electrons. The minimum atomic E-state index is -0.466. The largest absolute Gasteiger partial charge is 0.444 e. The molecule has 1 aromatic rings. The summed E-state index contributed by atoms with van der Waals surface area (Å²) in [7, 11) is 0. The van der Waals surface area contributed by atoms with E-state index in [4.69, 9.17) is 4.74 Å². The van der Waals surface area contributed by atoms with Crippen molar-refractivity contribution in [3.8, 4) is 0 Å². The smallest absolute Gasteiger partial charge is 0.410 e. The van der Waals surface area contributed by atoms with E-state index in [1.165, 1.54) is 0 Å². The van der Waals surface area contributed by atoms with Gasteiger partial charge in [-0.3, -0.25) is 0 Å². The molecule has 0 saturated carbocycles. The molecule has 1 aliphatic heterocycles. The molecule has 5 heteroatoms. The van der Waals surface area contributed by atoms with Crippen molar-refractivity contribution >= 4 is 6.09 Å². The zero-order valence-electron chi connectivity index (χ0n) is 14.3. The maximum Gasteiger partial charge on any atom is 0.410 e. The molecule has 0 aromatic heterocycles. The maximum absolute atomic E-state index is 12.1. The number of ether oxygens (including phenoxy) is 1. The molecular formula is C18H28N2O3. The van der Waals surface area contributed by atoms with Crippen LogP contribution >= 0.6 is 0 Å². The number of amides is 1. The van der Waals surface area contributed by atoms with Crippen LogP contribution in [0.15, 0.2) is 30.3 Å². The highest BCUT2D eigenvalue weighted by atomic mass is 16.6. The highest BCUT2D eigenvalue weighted by Crippen LogP contribution is 2.21. The van der Waals surface area contributed by atoms with Gasteiger partial charge >= 0.3 is 6.09 Å². The lowest BCUT2D eigenvalue weighted by molar-refractivity contribution is 0.0290. The third-order valence-corrected chi connectivity index (χ3v) is 3.90. The number of aliphatic hydroxyl groups is 1. The molecule has 1 aliphatic rings. The zero-order chi connectivity index (χ0) is 16.9. The van der Waals surface area contributed by atoms with E-state index in [1.807, 2.05) is 39.0 Å². The van der Waals surface area contributed by atoms with Crippen LogP contribution in [0.5, 0.6) is 0 Å². The van der Waals surface area contributed by atoms with Crippen LogP contribution in [0.25, 0.3) is 0 Å². The molecule has 0 aliphatic carbocycles.